The first-order chi connectivity index (χ1) is 11.6. The molecule has 0 saturated carbocycles. The number of aliphatic carboxylic acids is 1. The molecule has 1 saturated heterocycles. The molecule has 1 N–H and O–H groups in total. The summed E-state index contributed by atoms with van der Waals surface area (Å²) in [6.07, 6.45) is 1.47. The molecule has 4 nitrogen and oxygen atoms in total. The summed E-state index contributed by atoms with van der Waals surface area (Å²) in [4.78, 5) is 13.3. The number of hydrogen-bond acceptors (Lipinski definition) is 3. The standard InChI is InChI=1S/C19H20BrNO3/c20-16-2-1-3-18(12-16)24-17-6-4-14(5-7-17)13-21-10-8-15(9-11-21)19(22)23/h1-7,12,15H,8-11,13H2,(H,22,23). The molecular formula is C19H20BrNO3. The van der Waals surface area contributed by atoms with Crippen LogP contribution in [0.1, 0.15) is 18.4 Å². The van der Waals surface area contributed by atoms with Gasteiger partial charge in [-0.3, -0.25) is 9.69 Å². The van der Waals surface area contributed by atoms with Crippen LogP contribution in [0.4, 0.5) is 0 Å². The van der Waals surface area contributed by atoms with Crippen LogP contribution in [0.25, 0.3) is 0 Å². The molecule has 24 heavy (non-hydrogen) atoms. The number of carboxylic acids is 1. The molecule has 1 aliphatic heterocycles. The van der Waals surface area contributed by atoms with Crippen LogP contribution in [-0.4, -0.2) is 29.1 Å². The van der Waals surface area contributed by atoms with Gasteiger partial charge >= 0.3 is 5.97 Å². The van der Waals surface area contributed by atoms with Crippen LogP contribution in [0.2, 0.25) is 0 Å². The van der Waals surface area contributed by atoms with Crippen LogP contribution in [0, 0.1) is 5.92 Å². The molecule has 0 bridgehead atoms. The van der Waals surface area contributed by atoms with Crippen LogP contribution >= 0.6 is 15.9 Å². The monoisotopic (exact) mass is 389 g/mol. The van der Waals surface area contributed by atoms with Crippen molar-refractivity contribution in [2.24, 2.45) is 5.92 Å². The van der Waals surface area contributed by atoms with Crippen molar-refractivity contribution < 1.29 is 14.6 Å². The smallest absolute Gasteiger partial charge is 0.306 e. The average Bonchev–Trinajstić information content (AvgIpc) is 2.57. The largest absolute Gasteiger partial charge is 0.481 e. The maximum atomic E-state index is 11.0. The second kappa shape index (κ2) is 7.81. The lowest BCUT2D eigenvalue weighted by molar-refractivity contribution is -0.143. The summed E-state index contributed by atoms with van der Waals surface area (Å²) in [6.45, 7) is 2.53. The minimum absolute atomic E-state index is 0.178. The number of benzene rings is 2. The molecule has 0 aliphatic carbocycles. The van der Waals surface area contributed by atoms with Crippen molar-refractivity contribution in [3.05, 3.63) is 58.6 Å². The molecule has 1 heterocycles. The molecule has 2 aromatic carbocycles. The van der Waals surface area contributed by atoms with E-state index in [1.54, 1.807) is 0 Å². The van der Waals surface area contributed by atoms with Crippen molar-refractivity contribution in [1.82, 2.24) is 4.90 Å². The molecule has 1 fully saturated rings. The predicted molar refractivity (Wildman–Crippen MR) is 96.3 cm³/mol. The second-order valence-electron chi connectivity index (χ2n) is 6.09. The van der Waals surface area contributed by atoms with Crippen molar-refractivity contribution in [2.75, 3.05) is 13.1 Å². The van der Waals surface area contributed by atoms with Gasteiger partial charge in [0.1, 0.15) is 11.5 Å². The fourth-order valence-electron chi connectivity index (χ4n) is 2.93. The molecule has 0 unspecified atom stereocenters. The maximum absolute atomic E-state index is 11.0. The number of nitrogens with zero attached hydrogens (tertiary/aromatic N) is 1. The zero-order valence-electron chi connectivity index (χ0n) is 13.3. The van der Waals surface area contributed by atoms with Crippen molar-refractivity contribution >= 4 is 21.9 Å². The maximum Gasteiger partial charge on any atom is 0.306 e. The number of halogens is 1. The topological polar surface area (TPSA) is 49.8 Å². The fraction of sp³-hybridized carbons (Fsp3) is 0.316. The lowest BCUT2D eigenvalue weighted by Gasteiger charge is -2.30. The summed E-state index contributed by atoms with van der Waals surface area (Å²) in [6, 6.07) is 15.8. The van der Waals surface area contributed by atoms with Crippen molar-refractivity contribution in [1.29, 1.82) is 0 Å². The summed E-state index contributed by atoms with van der Waals surface area (Å²) in [5, 5.41) is 9.05. The van der Waals surface area contributed by atoms with E-state index in [0.29, 0.717) is 0 Å². The zero-order chi connectivity index (χ0) is 16.9. The first-order valence-electron chi connectivity index (χ1n) is 8.08. The Morgan fingerprint density at radius 1 is 1.12 bits per heavy atom. The van der Waals surface area contributed by atoms with Gasteiger partial charge in [0.05, 0.1) is 5.92 Å². The van der Waals surface area contributed by atoms with E-state index in [-0.39, 0.29) is 5.92 Å². The van der Waals surface area contributed by atoms with E-state index in [0.717, 1.165) is 48.4 Å². The highest BCUT2D eigenvalue weighted by molar-refractivity contribution is 9.10. The first-order valence-corrected chi connectivity index (χ1v) is 8.87. The highest BCUT2D eigenvalue weighted by atomic mass is 79.9. The number of hydrogen-bond donors (Lipinski definition) is 1. The van der Waals surface area contributed by atoms with Crippen LogP contribution in [0.3, 0.4) is 0 Å². The summed E-state index contributed by atoms with van der Waals surface area (Å²) in [5.74, 6) is 0.764. The van der Waals surface area contributed by atoms with E-state index in [9.17, 15) is 4.79 Å². The van der Waals surface area contributed by atoms with E-state index < -0.39 is 5.97 Å². The molecule has 0 aromatic heterocycles. The molecule has 0 atom stereocenters. The second-order valence-corrected chi connectivity index (χ2v) is 7.01. The molecule has 3 rings (SSSR count). The van der Waals surface area contributed by atoms with Gasteiger partial charge in [0.25, 0.3) is 0 Å². The van der Waals surface area contributed by atoms with Crippen LogP contribution in [-0.2, 0) is 11.3 Å². The lowest BCUT2D eigenvalue weighted by atomic mass is 9.97. The highest BCUT2D eigenvalue weighted by Crippen LogP contribution is 2.25. The summed E-state index contributed by atoms with van der Waals surface area (Å²) in [5.41, 5.74) is 1.21. The minimum Gasteiger partial charge on any atom is -0.481 e. The Morgan fingerprint density at radius 3 is 2.46 bits per heavy atom. The van der Waals surface area contributed by atoms with Gasteiger partial charge in [0, 0.05) is 11.0 Å². The third-order valence-corrected chi connectivity index (χ3v) is 4.79. The molecular weight excluding hydrogens is 370 g/mol. The Balaban J connectivity index is 1.54. The summed E-state index contributed by atoms with van der Waals surface area (Å²) < 4.78 is 6.82. The average molecular weight is 390 g/mol. The van der Waals surface area contributed by atoms with E-state index in [1.807, 2.05) is 36.4 Å². The number of ether oxygens (including phenoxy) is 1. The normalized spacial score (nSPS) is 16.0. The Morgan fingerprint density at radius 2 is 1.83 bits per heavy atom. The van der Waals surface area contributed by atoms with Gasteiger partial charge in [-0.2, -0.15) is 0 Å². The number of carbonyl (C=O) groups is 1. The summed E-state index contributed by atoms with van der Waals surface area (Å²) in [7, 11) is 0. The number of likely N-dealkylation sites (tertiary alicyclic amines) is 1. The number of piperidine rings is 1. The summed E-state index contributed by atoms with van der Waals surface area (Å²) >= 11 is 3.43. The van der Waals surface area contributed by atoms with Gasteiger partial charge in [-0.25, -0.2) is 0 Å². The lowest BCUT2D eigenvalue weighted by Crippen LogP contribution is -2.35. The number of carboxylic acid groups (broad SMARTS) is 1. The molecule has 0 spiro atoms. The van der Waals surface area contributed by atoms with Gasteiger partial charge in [-0.05, 0) is 61.8 Å². The van der Waals surface area contributed by atoms with Gasteiger partial charge in [-0.15, -0.1) is 0 Å². The van der Waals surface area contributed by atoms with E-state index >= 15 is 0 Å². The third kappa shape index (κ3) is 4.58. The minimum atomic E-state index is -0.663. The Bertz CT molecular complexity index is 694. The Hall–Kier alpha value is -1.85. The molecule has 1 aliphatic rings. The molecule has 2 aromatic rings. The van der Waals surface area contributed by atoms with Crippen molar-refractivity contribution in [3.8, 4) is 11.5 Å². The molecule has 0 radical (unpaired) electrons. The quantitative estimate of drug-likeness (QED) is 0.815. The van der Waals surface area contributed by atoms with Gasteiger partial charge in [0.2, 0.25) is 0 Å². The SMILES string of the molecule is O=C(O)C1CCN(Cc2ccc(Oc3cccc(Br)c3)cc2)CC1. The highest BCUT2D eigenvalue weighted by Gasteiger charge is 2.24. The van der Waals surface area contributed by atoms with Crippen LogP contribution in [0.15, 0.2) is 53.0 Å². The van der Waals surface area contributed by atoms with E-state index in [1.165, 1.54) is 5.56 Å². The zero-order valence-corrected chi connectivity index (χ0v) is 14.9. The first kappa shape index (κ1) is 17.0. The van der Waals surface area contributed by atoms with Gasteiger partial charge < -0.3 is 9.84 Å². The molecule has 5 heteroatoms. The third-order valence-electron chi connectivity index (χ3n) is 4.30. The number of rotatable bonds is 5. The Labute approximate surface area is 150 Å². The predicted octanol–water partition coefficient (Wildman–Crippen LogP) is 4.54. The van der Waals surface area contributed by atoms with Crippen LogP contribution < -0.4 is 4.74 Å². The van der Waals surface area contributed by atoms with Gasteiger partial charge in [0.15, 0.2) is 0 Å². The fourth-order valence-corrected chi connectivity index (χ4v) is 3.30. The van der Waals surface area contributed by atoms with Crippen LogP contribution in [0.5, 0.6) is 11.5 Å². The molecule has 0 amide bonds. The molecule has 126 valence electrons. The van der Waals surface area contributed by atoms with E-state index in [2.05, 4.69) is 33.0 Å². The van der Waals surface area contributed by atoms with Gasteiger partial charge in [-0.1, -0.05) is 34.1 Å². The Kier molecular flexibility index (Phi) is 5.53. The van der Waals surface area contributed by atoms with Crippen molar-refractivity contribution in [3.63, 3.8) is 0 Å². The van der Waals surface area contributed by atoms with E-state index in [4.69, 9.17) is 9.84 Å². The van der Waals surface area contributed by atoms with Crippen molar-refractivity contribution in [2.45, 2.75) is 19.4 Å².